The molecule has 1 aromatic heterocycles. The highest BCUT2D eigenvalue weighted by atomic mass is 16.4. The first-order valence-corrected chi connectivity index (χ1v) is 6.87. The number of carboxylic acid groups (broad SMARTS) is 1. The van der Waals surface area contributed by atoms with Gasteiger partial charge in [-0.15, -0.1) is 0 Å². The predicted molar refractivity (Wildman–Crippen MR) is 74.7 cm³/mol. The summed E-state index contributed by atoms with van der Waals surface area (Å²) in [5.74, 6) is -1.17. The van der Waals surface area contributed by atoms with Crippen LogP contribution in [0.15, 0.2) is 18.5 Å². The molecule has 20 heavy (non-hydrogen) atoms. The van der Waals surface area contributed by atoms with E-state index in [4.69, 9.17) is 5.11 Å². The van der Waals surface area contributed by atoms with Crippen molar-refractivity contribution in [2.75, 3.05) is 11.9 Å². The van der Waals surface area contributed by atoms with Gasteiger partial charge < -0.3 is 15.7 Å². The fourth-order valence-corrected chi connectivity index (χ4v) is 2.32. The highest BCUT2D eigenvalue weighted by Gasteiger charge is 2.14. The second-order valence-corrected chi connectivity index (χ2v) is 5.00. The third kappa shape index (κ3) is 4.31. The molecule has 1 atom stereocenters. The Labute approximate surface area is 117 Å². The Kier molecular flexibility index (Phi) is 5.06. The van der Waals surface area contributed by atoms with Crippen LogP contribution < -0.4 is 10.6 Å². The Balaban J connectivity index is 1.81. The van der Waals surface area contributed by atoms with Gasteiger partial charge in [0.1, 0.15) is 0 Å². The van der Waals surface area contributed by atoms with Gasteiger partial charge in [-0.25, -0.2) is 4.79 Å². The molecule has 0 bridgehead atoms. The van der Waals surface area contributed by atoms with Crippen molar-refractivity contribution in [3.63, 3.8) is 0 Å². The van der Waals surface area contributed by atoms with Crippen molar-refractivity contribution >= 4 is 17.6 Å². The van der Waals surface area contributed by atoms with E-state index >= 15 is 0 Å². The normalized spacial score (nSPS) is 18.5. The molecule has 0 saturated carbocycles. The minimum absolute atomic E-state index is 0.0664. The van der Waals surface area contributed by atoms with Gasteiger partial charge in [-0.1, -0.05) is 6.42 Å². The average Bonchev–Trinajstić information content (AvgIpc) is 2.46. The van der Waals surface area contributed by atoms with E-state index in [0.29, 0.717) is 18.2 Å². The number of aromatic carboxylic acids is 1. The van der Waals surface area contributed by atoms with Crippen LogP contribution in [0.4, 0.5) is 5.69 Å². The van der Waals surface area contributed by atoms with Gasteiger partial charge in [0, 0.05) is 18.7 Å². The lowest BCUT2D eigenvalue weighted by Crippen LogP contribution is -2.34. The van der Waals surface area contributed by atoms with E-state index in [1.54, 1.807) is 0 Å². The van der Waals surface area contributed by atoms with E-state index in [-0.39, 0.29) is 11.5 Å². The molecule has 6 heteroatoms. The maximum absolute atomic E-state index is 11.8. The van der Waals surface area contributed by atoms with Gasteiger partial charge in [0.05, 0.1) is 17.4 Å². The van der Waals surface area contributed by atoms with Crippen LogP contribution in [-0.4, -0.2) is 34.6 Å². The average molecular weight is 277 g/mol. The topological polar surface area (TPSA) is 91.3 Å². The fourth-order valence-electron chi connectivity index (χ4n) is 2.32. The highest BCUT2D eigenvalue weighted by Crippen LogP contribution is 2.13. The maximum atomic E-state index is 11.8. The number of carbonyl (C=O) groups is 2. The van der Waals surface area contributed by atoms with E-state index in [9.17, 15) is 9.59 Å². The second kappa shape index (κ2) is 7.00. The SMILES string of the molecule is O=C(CCC1CCCCN1)Nc1cncc(C(=O)O)c1. The van der Waals surface area contributed by atoms with Crippen LogP contribution >= 0.6 is 0 Å². The van der Waals surface area contributed by atoms with Crippen molar-refractivity contribution < 1.29 is 14.7 Å². The zero-order valence-electron chi connectivity index (χ0n) is 11.3. The monoisotopic (exact) mass is 277 g/mol. The quantitative estimate of drug-likeness (QED) is 0.761. The van der Waals surface area contributed by atoms with E-state index in [0.717, 1.165) is 19.4 Å². The summed E-state index contributed by atoms with van der Waals surface area (Å²) in [6.45, 7) is 1.02. The number of aromatic nitrogens is 1. The Bertz CT molecular complexity index is 484. The summed E-state index contributed by atoms with van der Waals surface area (Å²) < 4.78 is 0. The lowest BCUT2D eigenvalue weighted by molar-refractivity contribution is -0.116. The first-order chi connectivity index (χ1) is 9.65. The number of nitrogens with one attached hydrogen (secondary N) is 2. The molecule has 1 saturated heterocycles. The molecular formula is C14H19N3O3. The summed E-state index contributed by atoms with van der Waals surface area (Å²) in [4.78, 5) is 26.4. The van der Waals surface area contributed by atoms with Crippen molar-refractivity contribution in [3.05, 3.63) is 24.0 Å². The number of anilines is 1. The standard InChI is InChI=1S/C14H19N3O3/c18-13(5-4-11-3-1-2-6-16-11)17-12-7-10(14(19)20)8-15-9-12/h7-9,11,16H,1-6H2,(H,17,18)(H,19,20). The molecule has 6 nitrogen and oxygen atoms in total. The van der Waals surface area contributed by atoms with E-state index in [1.165, 1.54) is 31.3 Å². The Morgan fingerprint density at radius 1 is 1.40 bits per heavy atom. The van der Waals surface area contributed by atoms with Gasteiger partial charge >= 0.3 is 5.97 Å². The molecule has 1 aliphatic heterocycles. The zero-order valence-corrected chi connectivity index (χ0v) is 11.3. The minimum Gasteiger partial charge on any atom is -0.478 e. The number of piperidine rings is 1. The molecule has 1 amide bonds. The lowest BCUT2D eigenvalue weighted by Gasteiger charge is -2.23. The third-order valence-corrected chi connectivity index (χ3v) is 3.40. The summed E-state index contributed by atoms with van der Waals surface area (Å²) in [5, 5.41) is 14.9. The van der Waals surface area contributed by atoms with Crippen molar-refractivity contribution in [1.82, 2.24) is 10.3 Å². The van der Waals surface area contributed by atoms with Crippen molar-refractivity contribution in [1.29, 1.82) is 0 Å². The van der Waals surface area contributed by atoms with Crippen LogP contribution in [-0.2, 0) is 4.79 Å². The molecular weight excluding hydrogens is 258 g/mol. The van der Waals surface area contributed by atoms with E-state index in [2.05, 4.69) is 15.6 Å². The molecule has 0 aromatic carbocycles. The van der Waals surface area contributed by atoms with E-state index < -0.39 is 5.97 Å². The molecule has 0 spiro atoms. The van der Waals surface area contributed by atoms with Crippen LogP contribution in [0.5, 0.6) is 0 Å². The molecule has 1 fully saturated rings. The second-order valence-electron chi connectivity index (χ2n) is 5.00. The molecule has 1 aromatic rings. The smallest absolute Gasteiger partial charge is 0.337 e. The maximum Gasteiger partial charge on any atom is 0.337 e. The van der Waals surface area contributed by atoms with Crippen LogP contribution in [0.25, 0.3) is 0 Å². The lowest BCUT2D eigenvalue weighted by atomic mass is 10.0. The number of hydrogen-bond donors (Lipinski definition) is 3. The number of carbonyl (C=O) groups excluding carboxylic acids is 1. The van der Waals surface area contributed by atoms with Gasteiger partial charge in [0.15, 0.2) is 0 Å². The summed E-state index contributed by atoms with van der Waals surface area (Å²) in [6, 6.07) is 1.82. The van der Waals surface area contributed by atoms with Gasteiger partial charge in [-0.3, -0.25) is 9.78 Å². The number of pyridine rings is 1. The highest BCUT2D eigenvalue weighted by molar-refractivity contribution is 5.93. The molecule has 1 aliphatic rings. The first-order valence-electron chi connectivity index (χ1n) is 6.87. The molecule has 2 heterocycles. The van der Waals surface area contributed by atoms with Crippen LogP contribution in [0.3, 0.4) is 0 Å². The molecule has 2 rings (SSSR count). The minimum atomic E-state index is -1.06. The number of amides is 1. The predicted octanol–water partition coefficient (Wildman–Crippen LogP) is 1.64. The first kappa shape index (κ1) is 14.5. The number of nitrogens with zero attached hydrogens (tertiary/aromatic N) is 1. The van der Waals surface area contributed by atoms with Gasteiger partial charge in [0.2, 0.25) is 5.91 Å². The third-order valence-electron chi connectivity index (χ3n) is 3.40. The van der Waals surface area contributed by atoms with Gasteiger partial charge in [0.25, 0.3) is 0 Å². The Morgan fingerprint density at radius 2 is 2.25 bits per heavy atom. The molecule has 0 aliphatic carbocycles. The van der Waals surface area contributed by atoms with Gasteiger partial charge in [-0.05, 0) is 31.9 Å². The Morgan fingerprint density at radius 3 is 2.95 bits per heavy atom. The Hall–Kier alpha value is -1.95. The number of carboxylic acids is 1. The molecule has 1 unspecified atom stereocenters. The largest absolute Gasteiger partial charge is 0.478 e. The summed E-state index contributed by atoms with van der Waals surface area (Å²) >= 11 is 0. The van der Waals surface area contributed by atoms with Crippen LogP contribution in [0, 0.1) is 0 Å². The van der Waals surface area contributed by atoms with Crippen LogP contribution in [0.1, 0.15) is 42.5 Å². The summed E-state index contributed by atoms with van der Waals surface area (Å²) in [6.07, 6.45) is 7.46. The van der Waals surface area contributed by atoms with E-state index in [1.807, 2.05) is 0 Å². The van der Waals surface area contributed by atoms with Crippen LogP contribution in [0.2, 0.25) is 0 Å². The van der Waals surface area contributed by atoms with Crippen molar-refractivity contribution in [2.45, 2.75) is 38.1 Å². The number of hydrogen-bond acceptors (Lipinski definition) is 4. The van der Waals surface area contributed by atoms with Crippen molar-refractivity contribution in [3.8, 4) is 0 Å². The zero-order chi connectivity index (χ0) is 14.4. The summed E-state index contributed by atoms with van der Waals surface area (Å²) in [5.41, 5.74) is 0.489. The molecule has 3 N–H and O–H groups in total. The number of rotatable bonds is 5. The van der Waals surface area contributed by atoms with Gasteiger partial charge in [-0.2, -0.15) is 0 Å². The fraction of sp³-hybridized carbons (Fsp3) is 0.500. The molecule has 0 radical (unpaired) electrons. The van der Waals surface area contributed by atoms with Crippen molar-refractivity contribution in [2.24, 2.45) is 0 Å². The summed E-state index contributed by atoms with van der Waals surface area (Å²) in [7, 11) is 0. The molecule has 108 valence electrons.